The van der Waals surface area contributed by atoms with Gasteiger partial charge in [0.2, 0.25) is 0 Å². The minimum atomic E-state index is 0.0571. The first-order valence-electron chi connectivity index (χ1n) is 7.69. The summed E-state index contributed by atoms with van der Waals surface area (Å²) in [5.41, 5.74) is 0.634. The lowest BCUT2D eigenvalue weighted by Crippen LogP contribution is -2.42. The van der Waals surface area contributed by atoms with Crippen LogP contribution in [0.2, 0.25) is 0 Å². The van der Waals surface area contributed by atoms with E-state index in [-0.39, 0.29) is 11.9 Å². The highest BCUT2D eigenvalue weighted by molar-refractivity contribution is 9.10. The van der Waals surface area contributed by atoms with Gasteiger partial charge in [-0.25, -0.2) is 0 Å². The number of carbonyl (C=O) groups is 1. The monoisotopic (exact) mass is 361 g/mol. The summed E-state index contributed by atoms with van der Waals surface area (Å²) >= 11 is 3.63. The standard InChI is InChI=1S/C18H20BrNO2/c1-12-7-5-6-10-20(12)18(21)16-15(22-2)11-13-8-3-4-9-14(13)17(16)19/h3-4,8-9,11-12H,5-7,10H2,1-2H3/t12-/m1/s1. The highest BCUT2D eigenvalue weighted by Crippen LogP contribution is 2.36. The SMILES string of the molecule is COc1cc2ccccc2c(Br)c1C(=O)N1CCCC[C@H]1C. The fourth-order valence-corrected chi connectivity index (χ4v) is 3.91. The van der Waals surface area contributed by atoms with Gasteiger partial charge < -0.3 is 9.64 Å². The molecule has 116 valence electrons. The van der Waals surface area contributed by atoms with Gasteiger partial charge in [0.25, 0.3) is 5.91 Å². The number of likely N-dealkylation sites (tertiary alicyclic amines) is 1. The quantitative estimate of drug-likeness (QED) is 0.780. The van der Waals surface area contributed by atoms with E-state index in [1.165, 1.54) is 6.42 Å². The van der Waals surface area contributed by atoms with E-state index in [4.69, 9.17) is 4.74 Å². The van der Waals surface area contributed by atoms with E-state index >= 15 is 0 Å². The van der Waals surface area contributed by atoms with Crippen molar-refractivity contribution in [3.8, 4) is 5.75 Å². The topological polar surface area (TPSA) is 29.5 Å². The Hall–Kier alpha value is -1.55. The van der Waals surface area contributed by atoms with Crippen molar-refractivity contribution in [1.29, 1.82) is 0 Å². The summed E-state index contributed by atoms with van der Waals surface area (Å²) in [5, 5.41) is 2.10. The highest BCUT2D eigenvalue weighted by Gasteiger charge is 2.28. The number of amides is 1. The van der Waals surface area contributed by atoms with Gasteiger partial charge in [0.05, 0.1) is 12.7 Å². The van der Waals surface area contributed by atoms with E-state index in [0.717, 1.165) is 34.6 Å². The number of nitrogens with zero attached hydrogens (tertiary/aromatic N) is 1. The van der Waals surface area contributed by atoms with Crippen molar-refractivity contribution in [1.82, 2.24) is 4.90 Å². The molecule has 22 heavy (non-hydrogen) atoms. The zero-order chi connectivity index (χ0) is 15.7. The highest BCUT2D eigenvalue weighted by atomic mass is 79.9. The molecule has 1 fully saturated rings. The molecule has 0 bridgehead atoms. The predicted octanol–water partition coefficient (Wildman–Crippen LogP) is 4.63. The molecule has 0 N–H and O–H groups in total. The molecule has 0 aliphatic carbocycles. The Morgan fingerprint density at radius 2 is 2.09 bits per heavy atom. The van der Waals surface area contributed by atoms with E-state index in [0.29, 0.717) is 11.3 Å². The van der Waals surface area contributed by atoms with Crippen LogP contribution < -0.4 is 4.74 Å². The van der Waals surface area contributed by atoms with Crippen LogP contribution >= 0.6 is 15.9 Å². The first kappa shape index (κ1) is 15.3. The summed E-state index contributed by atoms with van der Waals surface area (Å²) in [5.74, 6) is 0.690. The summed E-state index contributed by atoms with van der Waals surface area (Å²) in [6, 6.07) is 10.3. The van der Waals surface area contributed by atoms with Crippen LogP contribution in [0.4, 0.5) is 0 Å². The van der Waals surface area contributed by atoms with Crippen molar-refractivity contribution in [2.75, 3.05) is 13.7 Å². The maximum absolute atomic E-state index is 13.1. The minimum Gasteiger partial charge on any atom is -0.496 e. The third-order valence-corrected chi connectivity index (χ3v) is 5.27. The first-order valence-corrected chi connectivity index (χ1v) is 8.49. The second kappa shape index (κ2) is 6.29. The van der Waals surface area contributed by atoms with E-state index in [2.05, 4.69) is 22.9 Å². The number of methoxy groups -OCH3 is 1. The van der Waals surface area contributed by atoms with E-state index in [9.17, 15) is 4.79 Å². The second-order valence-electron chi connectivity index (χ2n) is 5.83. The number of rotatable bonds is 2. The van der Waals surface area contributed by atoms with Gasteiger partial charge in [-0.2, -0.15) is 0 Å². The fraction of sp³-hybridized carbons (Fsp3) is 0.389. The Morgan fingerprint density at radius 3 is 2.82 bits per heavy atom. The van der Waals surface area contributed by atoms with Crippen molar-refractivity contribution in [2.45, 2.75) is 32.2 Å². The molecule has 1 atom stereocenters. The van der Waals surface area contributed by atoms with Crippen molar-refractivity contribution in [3.63, 3.8) is 0 Å². The molecule has 3 rings (SSSR count). The van der Waals surface area contributed by atoms with Crippen molar-refractivity contribution < 1.29 is 9.53 Å². The average molecular weight is 362 g/mol. The summed E-state index contributed by atoms with van der Waals surface area (Å²) in [6.07, 6.45) is 3.34. The van der Waals surface area contributed by atoms with Crippen LogP contribution in [-0.2, 0) is 0 Å². The lowest BCUT2D eigenvalue weighted by Gasteiger charge is -2.34. The van der Waals surface area contributed by atoms with E-state index in [1.807, 2.05) is 35.2 Å². The first-order chi connectivity index (χ1) is 10.6. The van der Waals surface area contributed by atoms with Crippen molar-refractivity contribution >= 4 is 32.6 Å². The number of hydrogen-bond donors (Lipinski definition) is 0. The number of hydrogen-bond acceptors (Lipinski definition) is 2. The fourth-order valence-electron chi connectivity index (χ4n) is 3.18. The van der Waals surface area contributed by atoms with Crippen LogP contribution in [0.5, 0.6) is 5.75 Å². The van der Waals surface area contributed by atoms with Gasteiger partial charge >= 0.3 is 0 Å². The molecule has 0 saturated carbocycles. The molecule has 4 heteroatoms. The number of piperidine rings is 1. The number of fused-ring (bicyclic) bond motifs is 1. The lowest BCUT2D eigenvalue weighted by molar-refractivity contribution is 0.0631. The van der Waals surface area contributed by atoms with Gasteiger partial charge in [-0.3, -0.25) is 4.79 Å². The molecule has 2 aromatic carbocycles. The predicted molar refractivity (Wildman–Crippen MR) is 92.5 cm³/mol. The third-order valence-electron chi connectivity index (χ3n) is 4.45. The Morgan fingerprint density at radius 1 is 1.32 bits per heavy atom. The van der Waals surface area contributed by atoms with Crippen LogP contribution in [0, 0.1) is 0 Å². The van der Waals surface area contributed by atoms with Gasteiger partial charge in [0, 0.05) is 17.1 Å². The molecule has 0 spiro atoms. The Bertz CT molecular complexity index is 714. The maximum Gasteiger partial charge on any atom is 0.259 e. The molecule has 0 aromatic heterocycles. The van der Waals surface area contributed by atoms with Crippen molar-refractivity contribution in [2.24, 2.45) is 0 Å². The summed E-state index contributed by atoms with van der Waals surface area (Å²) in [7, 11) is 1.62. The molecule has 1 saturated heterocycles. The van der Waals surface area contributed by atoms with Gasteiger partial charge in [-0.05, 0) is 59.0 Å². The summed E-state index contributed by atoms with van der Waals surface area (Å²) in [6.45, 7) is 2.95. The van der Waals surface area contributed by atoms with Crippen LogP contribution in [0.25, 0.3) is 10.8 Å². The maximum atomic E-state index is 13.1. The molecular weight excluding hydrogens is 342 g/mol. The normalized spacial score (nSPS) is 18.5. The molecule has 1 amide bonds. The van der Waals surface area contributed by atoms with Crippen LogP contribution in [-0.4, -0.2) is 30.5 Å². The molecule has 1 heterocycles. The lowest BCUT2D eigenvalue weighted by atomic mass is 10.0. The van der Waals surface area contributed by atoms with Gasteiger partial charge in [-0.15, -0.1) is 0 Å². The molecule has 0 unspecified atom stereocenters. The molecule has 3 nitrogen and oxygen atoms in total. The van der Waals surface area contributed by atoms with Gasteiger partial charge in [-0.1, -0.05) is 24.3 Å². The Kier molecular flexibility index (Phi) is 4.39. The van der Waals surface area contributed by atoms with E-state index in [1.54, 1.807) is 7.11 Å². The number of halogens is 1. The van der Waals surface area contributed by atoms with Crippen LogP contribution in [0.1, 0.15) is 36.5 Å². The zero-order valence-corrected chi connectivity index (χ0v) is 14.5. The minimum absolute atomic E-state index is 0.0571. The van der Waals surface area contributed by atoms with Crippen LogP contribution in [0.15, 0.2) is 34.8 Å². The Balaban J connectivity index is 2.12. The molecule has 0 radical (unpaired) electrons. The number of ether oxygens (including phenoxy) is 1. The van der Waals surface area contributed by atoms with E-state index < -0.39 is 0 Å². The zero-order valence-electron chi connectivity index (χ0n) is 12.9. The summed E-state index contributed by atoms with van der Waals surface area (Å²) in [4.78, 5) is 15.0. The average Bonchev–Trinajstić information content (AvgIpc) is 2.54. The number of benzene rings is 2. The van der Waals surface area contributed by atoms with Gasteiger partial charge in [0.15, 0.2) is 0 Å². The summed E-state index contributed by atoms with van der Waals surface area (Å²) < 4.78 is 6.33. The van der Waals surface area contributed by atoms with Crippen molar-refractivity contribution in [3.05, 3.63) is 40.4 Å². The number of carbonyl (C=O) groups excluding carboxylic acids is 1. The van der Waals surface area contributed by atoms with Crippen LogP contribution in [0.3, 0.4) is 0 Å². The molecular formula is C18H20BrNO2. The molecule has 1 aliphatic rings. The second-order valence-corrected chi connectivity index (χ2v) is 6.63. The molecule has 1 aliphatic heterocycles. The molecule has 2 aromatic rings. The Labute approximate surface area is 139 Å². The third kappa shape index (κ3) is 2.60. The largest absolute Gasteiger partial charge is 0.496 e. The van der Waals surface area contributed by atoms with Gasteiger partial charge in [0.1, 0.15) is 5.75 Å². The smallest absolute Gasteiger partial charge is 0.259 e.